The molecular weight excluding hydrogens is 355 g/mol. The van der Waals surface area contributed by atoms with E-state index >= 15 is 0 Å². The fourth-order valence-corrected chi connectivity index (χ4v) is 3.27. The Kier molecular flexibility index (Phi) is 4.66. The van der Waals surface area contributed by atoms with Crippen LogP contribution in [0.25, 0.3) is 0 Å². The van der Waals surface area contributed by atoms with Gasteiger partial charge in [0.25, 0.3) is 5.91 Å². The van der Waals surface area contributed by atoms with E-state index in [0.29, 0.717) is 18.7 Å². The second-order valence-corrected chi connectivity index (χ2v) is 6.83. The Morgan fingerprint density at radius 1 is 1.18 bits per heavy atom. The van der Waals surface area contributed by atoms with Crippen LogP contribution in [0, 0.1) is 24.7 Å². The number of pyridine rings is 1. The van der Waals surface area contributed by atoms with Crippen LogP contribution in [-0.2, 0) is 20.0 Å². The van der Waals surface area contributed by atoms with E-state index in [1.807, 2.05) is 32.2 Å². The summed E-state index contributed by atoms with van der Waals surface area (Å²) in [5.74, 6) is 4.83. The van der Waals surface area contributed by atoms with Gasteiger partial charge in [0.2, 0.25) is 5.95 Å². The SMILES string of the molecule is Cc1c(C#Cc2cnc(F)c(C(=O)N3CCc4ccccc4C3)c2)cnn1C. The number of nitrogens with zero attached hydrogens (tertiary/aromatic N) is 4. The molecule has 0 radical (unpaired) electrons. The van der Waals surface area contributed by atoms with Crippen molar-refractivity contribution < 1.29 is 9.18 Å². The van der Waals surface area contributed by atoms with E-state index in [4.69, 9.17) is 0 Å². The van der Waals surface area contributed by atoms with Crippen molar-refractivity contribution in [1.82, 2.24) is 19.7 Å². The monoisotopic (exact) mass is 374 g/mol. The van der Waals surface area contributed by atoms with Crippen molar-refractivity contribution in [1.29, 1.82) is 0 Å². The molecule has 0 N–H and O–H groups in total. The van der Waals surface area contributed by atoms with Crippen LogP contribution in [0.3, 0.4) is 0 Å². The van der Waals surface area contributed by atoms with Crippen LogP contribution >= 0.6 is 0 Å². The van der Waals surface area contributed by atoms with Crippen LogP contribution in [0.5, 0.6) is 0 Å². The molecular formula is C22H19FN4O. The van der Waals surface area contributed by atoms with Crippen molar-refractivity contribution in [2.24, 2.45) is 7.05 Å². The zero-order valence-corrected chi connectivity index (χ0v) is 15.7. The third-order valence-corrected chi connectivity index (χ3v) is 5.06. The fraction of sp³-hybridized carbons (Fsp3) is 0.227. The van der Waals surface area contributed by atoms with Gasteiger partial charge in [-0.05, 0) is 30.5 Å². The molecule has 0 atom stereocenters. The van der Waals surface area contributed by atoms with Crippen molar-refractivity contribution in [2.45, 2.75) is 19.9 Å². The molecule has 6 heteroatoms. The van der Waals surface area contributed by atoms with Gasteiger partial charge in [-0.25, -0.2) is 4.98 Å². The normalized spacial score (nSPS) is 12.9. The average Bonchev–Trinajstić information content (AvgIpc) is 3.04. The standard InChI is InChI=1S/C22H19FN4O/c1-15-18(13-25-26(15)2)8-7-16-11-20(21(23)24-12-16)22(28)27-10-9-17-5-3-4-6-19(17)14-27/h3-6,11-13H,9-10,14H2,1-2H3. The van der Waals surface area contributed by atoms with Crippen LogP contribution in [0.1, 0.15) is 38.3 Å². The molecule has 140 valence electrons. The number of hydrogen-bond acceptors (Lipinski definition) is 3. The summed E-state index contributed by atoms with van der Waals surface area (Å²) in [4.78, 5) is 18.3. The predicted molar refractivity (Wildman–Crippen MR) is 103 cm³/mol. The zero-order valence-electron chi connectivity index (χ0n) is 15.7. The highest BCUT2D eigenvalue weighted by atomic mass is 19.1. The summed E-state index contributed by atoms with van der Waals surface area (Å²) in [5, 5.41) is 4.15. The highest BCUT2D eigenvalue weighted by Gasteiger charge is 2.24. The van der Waals surface area contributed by atoms with Crippen molar-refractivity contribution in [2.75, 3.05) is 6.54 Å². The number of hydrogen-bond donors (Lipinski definition) is 0. The molecule has 5 nitrogen and oxygen atoms in total. The van der Waals surface area contributed by atoms with Gasteiger partial charge in [0.15, 0.2) is 0 Å². The minimum atomic E-state index is -0.771. The van der Waals surface area contributed by atoms with Crippen molar-refractivity contribution in [3.05, 3.63) is 82.2 Å². The lowest BCUT2D eigenvalue weighted by molar-refractivity contribution is 0.0729. The zero-order chi connectivity index (χ0) is 19.7. The lowest BCUT2D eigenvalue weighted by Crippen LogP contribution is -2.36. The molecule has 3 aromatic rings. The van der Waals surface area contributed by atoms with Crippen LogP contribution < -0.4 is 0 Å². The molecule has 0 fully saturated rings. The van der Waals surface area contributed by atoms with E-state index in [1.165, 1.54) is 17.8 Å². The molecule has 2 aromatic heterocycles. The van der Waals surface area contributed by atoms with Gasteiger partial charge in [0.1, 0.15) is 0 Å². The molecule has 1 amide bonds. The van der Waals surface area contributed by atoms with Gasteiger partial charge in [-0.2, -0.15) is 9.49 Å². The van der Waals surface area contributed by atoms with Crippen LogP contribution in [-0.4, -0.2) is 32.1 Å². The van der Waals surface area contributed by atoms with E-state index < -0.39 is 5.95 Å². The highest BCUT2D eigenvalue weighted by molar-refractivity contribution is 5.94. The number of carbonyl (C=O) groups excluding carboxylic acids is 1. The molecule has 0 unspecified atom stereocenters. The lowest BCUT2D eigenvalue weighted by atomic mass is 9.99. The molecule has 28 heavy (non-hydrogen) atoms. The summed E-state index contributed by atoms with van der Waals surface area (Å²) < 4.78 is 16.0. The third-order valence-electron chi connectivity index (χ3n) is 5.06. The number of aromatic nitrogens is 3. The predicted octanol–water partition coefficient (Wildman–Crippen LogP) is 2.86. The molecule has 0 saturated heterocycles. The first-order valence-electron chi connectivity index (χ1n) is 9.05. The number of fused-ring (bicyclic) bond motifs is 1. The Hall–Kier alpha value is -3.46. The second-order valence-electron chi connectivity index (χ2n) is 6.83. The van der Waals surface area contributed by atoms with E-state index in [2.05, 4.69) is 28.0 Å². The van der Waals surface area contributed by atoms with E-state index in [-0.39, 0.29) is 11.5 Å². The smallest absolute Gasteiger partial charge is 0.258 e. The molecule has 3 heterocycles. The molecule has 0 spiro atoms. The largest absolute Gasteiger partial charge is 0.334 e. The Balaban J connectivity index is 1.59. The lowest BCUT2D eigenvalue weighted by Gasteiger charge is -2.28. The molecule has 0 saturated carbocycles. The van der Waals surface area contributed by atoms with Gasteiger partial charge in [0, 0.05) is 31.9 Å². The minimum absolute atomic E-state index is 0.0471. The summed E-state index contributed by atoms with van der Waals surface area (Å²) >= 11 is 0. The fourth-order valence-electron chi connectivity index (χ4n) is 3.27. The first-order valence-corrected chi connectivity index (χ1v) is 9.05. The quantitative estimate of drug-likeness (QED) is 0.486. The molecule has 1 aliphatic heterocycles. The number of amides is 1. The van der Waals surface area contributed by atoms with Gasteiger partial charge >= 0.3 is 0 Å². The maximum Gasteiger partial charge on any atom is 0.258 e. The summed E-state index contributed by atoms with van der Waals surface area (Å²) in [6, 6.07) is 9.49. The second kappa shape index (κ2) is 7.28. The molecule has 1 aromatic carbocycles. The van der Waals surface area contributed by atoms with Gasteiger partial charge in [-0.1, -0.05) is 36.1 Å². The van der Waals surface area contributed by atoms with Gasteiger partial charge in [0.05, 0.1) is 23.0 Å². The topological polar surface area (TPSA) is 51.0 Å². The number of carbonyl (C=O) groups is 1. The van der Waals surface area contributed by atoms with Crippen LogP contribution in [0.15, 0.2) is 42.7 Å². The molecule has 0 bridgehead atoms. The Labute approximate surface area is 162 Å². The number of halogens is 1. The number of benzene rings is 1. The third kappa shape index (κ3) is 3.39. The van der Waals surface area contributed by atoms with E-state index in [9.17, 15) is 9.18 Å². The summed E-state index contributed by atoms with van der Waals surface area (Å²) in [6.45, 7) is 2.95. The van der Waals surface area contributed by atoms with Crippen molar-refractivity contribution in [3.8, 4) is 11.8 Å². The van der Waals surface area contributed by atoms with Crippen LogP contribution in [0.4, 0.5) is 4.39 Å². The Bertz CT molecular complexity index is 1120. The summed E-state index contributed by atoms with van der Waals surface area (Å²) in [6.07, 6.45) is 3.78. The van der Waals surface area contributed by atoms with Crippen LogP contribution in [0.2, 0.25) is 0 Å². The molecule has 1 aliphatic rings. The molecule has 0 aliphatic carbocycles. The Morgan fingerprint density at radius 3 is 2.71 bits per heavy atom. The van der Waals surface area contributed by atoms with Crippen molar-refractivity contribution in [3.63, 3.8) is 0 Å². The number of rotatable bonds is 1. The summed E-state index contributed by atoms with van der Waals surface area (Å²) in [5.41, 5.74) is 4.49. The van der Waals surface area contributed by atoms with Gasteiger partial charge in [-0.3, -0.25) is 9.48 Å². The van der Waals surface area contributed by atoms with E-state index in [0.717, 1.165) is 23.2 Å². The first-order chi connectivity index (χ1) is 13.5. The maximum absolute atomic E-state index is 14.3. The minimum Gasteiger partial charge on any atom is -0.334 e. The van der Waals surface area contributed by atoms with Gasteiger partial charge in [-0.15, -0.1) is 0 Å². The summed E-state index contributed by atoms with van der Waals surface area (Å²) in [7, 11) is 1.84. The van der Waals surface area contributed by atoms with E-state index in [1.54, 1.807) is 15.8 Å². The maximum atomic E-state index is 14.3. The van der Waals surface area contributed by atoms with Gasteiger partial charge < -0.3 is 4.90 Å². The average molecular weight is 374 g/mol. The molecule has 4 rings (SSSR count). The first kappa shape index (κ1) is 17.9. The highest BCUT2D eigenvalue weighted by Crippen LogP contribution is 2.21. The van der Waals surface area contributed by atoms with Crippen molar-refractivity contribution >= 4 is 5.91 Å². The number of aryl methyl sites for hydroxylation is 1. The Morgan fingerprint density at radius 2 is 1.96 bits per heavy atom.